The summed E-state index contributed by atoms with van der Waals surface area (Å²) in [5, 5.41) is 12.6. The first-order chi connectivity index (χ1) is 21.2. The molecule has 0 spiro atoms. The van der Waals surface area contributed by atoms with Crippen LogP contribution in [0, 0.1) is 13.8 Å². The summed E-state index contributed by atoms with van der Waals surface area (Å²) in [6, 6.07) is 16.8. The predicted molar refractivity (Wildman–Crippen MR) is 181 cm³/mol. The zero-order valence-electron chi connectivity index (χ0n) is 25.3. The summed E-state index contributed by atoms with van der Waals surface area (Å²) in [5.41, 5.74) is 5.73. The van der Waals surface area contributed by atoms with E-state index < -0.39 is 6.04 Å². The predicted octanol–water partition coefficient (Wildman–Crippen LogP) is 8.72. The molecule has 0 bridgehead atoms. The van der Waals surface area contributed by atoms with Gasteiger partial charge in [-0.3, -0.25) is 4.79 Å². The Hall–Kier alpha value is -3.47. The van der Waals surface area contributed by atoms with Crippen molar-refractivity contribution >= 4 is 56.8 Å². The largest absolute Gasteiger partial charge is 0.490 e. The van der Waals surface area contributed by atoms with Gasteiger partial charge in [-0.25, -0.2) is 4.68 Å². The second kappa shape index (κ2) is 14.1. The van der Waals surface area contributed by atoms with Crippen LogP contribution in [0.25, 0.3) is 0 Å². The standard InChI is InChI=1S/C33H35BrClN5O3S/c1-6-14-44-33-38-32-36-21(5)28(31(41)37-26-13-12-19(3)15-20(26)4)29(40(32)39-33)23-16-24(34)30(27(17-23)42-7-2)43-18-22-10-8-9-11-25(22)35/h8-13,15-17,29H,6-7,14,18H2,1-5H3,(H,37,41)(H,36,38,39). The number of nitrogens with zero attached hydrogens (tertiary/aromatic N) is 3. The van der Waals surface area contributed by atoms with Crippen LogP contribution in [0.5, 0.6) is 11.5 Å². The Morgan fingerprint density at radius 1 is 1.11 bits per heavy atom. The van der Waals surface area contributed by atoms with Gasteiger partial charge in [-0.15, -0.1) is 5.10 Å². The van der Waals surface area contributed by atoms with E-state index >= 15 is 0 Å². The number of thioether (sulfide) groups is 1. The molecule has 44 heavy (non-hydrogen) atoms. The molecule has 0 aliphatic carbocycles. The number of fused-ring (bicyclic) bond motifs is 1. The van der Waals surface area contributed by atoms with E-state index in [9.17, 15) is 4.79 Å². The average Bonchev–Trinajstić information content (AvgIpc) is 3.39. The minimum Gasteiger partial charge on any atom is -0.490 e. The van der Waals surface area contributed by atoms with Crippen LogP contribution < -0.4 is 20.1 Å². The minimum atomic E-state index is -0.589. The van der Waals surface area contributed by atoms with Crippen molar-refractivity contribution < 1.29 is 14.3 Å². The number of benzene rings is 3. The summed E-state index contributed by atoms with van der Waals surface area (Å²) >= 11 is 11.7. The maximum absolute atomic E-state index is 14.1. The van der Waals surface area contributed by atoms with Gasteiger partial charge in [0.15, 0.2) is 11.5 Å². The van der Waals surface area contributed by atoms with E-state index in [1.807, 2.05) is 82.3 Å². The zero-order valence-corrected chi connectivity index (χ0v) is 28.5. The fourth-order valence-electron chi connectivity index (χ4n) is 5.05. The molecule has 11 heteroatoms. The fraction of sp³-hybridized carbons (Fsp3) is 0.303. The van der Waals surface area contributed by atoms with Gasteiger partial charge in [0.2, 0.25) is 11.1 Å². The smallest absolute Gasteiger partial charge is 0.255 e. The molecule has 5 rings (SSSR count). The molecule has 1 aliphatic rings. The maximum Gasteiger partial charge on any atom is 0.255 e. The molecule has 2 heterocycles. The molecule has 0 radical (unpaired) electrons. The Balaban J connectivity index is 1.58. The maximum atomic E-state index is 14.1. The number of halogens is 2. The van der Waals surface area contributed by atoms with Gasteiger partial charge in [-0.05, 0) is 85.4 Å². The SMILES string of the molecule is CCCSc1nc2n(n1)C(c1cc(Br)c(OCc3ccccc3Cl)c(OCC)c1)C(C(=O)Nc1ccc(C)cc1C)=C(C)N2. The van der Waals surface area contributed by atoms with Gasteiger partial charge in [-0.1, -0.05) is 66.2 Å². The number of nitrogens with one attached hydrogen (secondary N) is 2. The first-order valence-electron chi connectivity index (χ1n) is 14.5. The first kappa shape index (κ1) is 31.9. The van der Waals surface area contributed by atoms with Crippen molar-refractivity contribution in [2.75, 3.05) is 23.0 Å². The molecular weight excluding hydrogens is 662 g/mol. The number of aryl methyl sites for hydroxylation is 2. The fourth-order valence-corrected chi connectivity index (χ4v) is 6.49. The number of carbonyl (C=O) groups excluding carboxylic acids is 1. The molecule has 1 aromatic heterocycles. The number of carbonyl (C=O) groups is 1. The van der Waals surface area contributed by atoms with Crippen molar-refractivity contribution in [1.82, 2.24) is 14.8 Å². The Morgan fingerprint density at radius 3 is 2.64 bits per heavy atom. The molecule has 230 valence electrons. The van der Waals surface area contributed by atoms with E-state index in [2.05, 4.69) is 33.5 Å². The number of hydrogen-bond acceptors (Lipinski definition) is 7. The summed E-state index contributed by atoms with van der Waals surface area (Å²) in [7, 11) is 0. The Kier molecular flexibility index (Phi) is 10.2. The van der Waals surface area contributed by atoms with Crippen LogP contribution in [0.4, 0.5) is 11.6 Å². The third kappa shape index (κ3) is 6.92. The normalized spacial score (nSPS) is 14.2. The number of allylic oxidation sites excluding steroid dienone is 1. The molecule has 3 aromatic carbocycles. The van der Waals surface area contributed by atoms with Crippen LogP contribution in [0.3, 0.4) is 0 Å². The molecule has 0 saturated carbocycles. The van der Waals surface area contributed by atoms with Crippen LogP contribution in [-0.4, -0.2) is 33.0 Å². The van der Waals surface area contributed by atoms with Crippen molar-refractivity contribution in [1.29, 1.82) is 0 Å². The van der Waals surface area contributed by atoms with Crippen molar-refractivity contribution in [3.63, 3.8) is 0 Å². The molecule has 1 atom stereocenters. The van der Waals surface area contributed by atoms with Gasteiger partial charge in [-0.2, -0.15) is 4.98 Å². The average molecular weight is 697 g/mol. The monoisotopic (exact) mass is 695 g/mol. The highest BCUT2D eigenvalue weighted by atomic mass is 79.9. The van der Waals surface area contributed by atoms with E-state index in [1.54, 1.807) is 16.4 Å². The molecule has 1 amide bonds. The van der Waals surface area contributed by atoms with Crippen LogP contribution in [0.15, 0.2) is 75.5 Å². The van der Waals surface area contributed by atoms with E-state index in [1.165, 1.54) is 0 Å². The first-order valence-corrected chi connectivity index (χ1v) is 16.6. The summed E-state index contributed by atoms with van der Waals surface area (Å²) in [6.07, 6.45) is 0.993. The van der Waals surface area contributed by atoms with Crippen LogP contribution in [-0.2, 0) is 11.4 Å². The second-order valence-electron chi connectivity index (χ2n) is 10.5. The lowest BCUT2D eigenvalue weighted by molar-refractivity contribution is -0.113. The van der Waals surface area contributed by atoms with Crippen molar-refractivity contribution in [2.24, 2.45) is 0 Å². The zero-order chi connectivity index (χ0) is 31.4. The quantitative estimate of drug-likeness (QED) is 0.152. The molecule has 1 unspecified atom stereocenters. The lowest BCUT2D eigenvalue weighted by atomic mass is 9.94. The third-order valence-corrected chi connectivity index (χ3v) is 9.12. The van der Waals surface area contributed by atoms with E-state index in [0.29, 0.717) is 50.0 Å². The number of amides is 1. The Labute approximate surface area is 275 Å². The van der Waals surface area contributed by atoms with E-state index in [-0.39, 0.29) is 12.5 Å². The van der Waals surface area contributed by atoms with Crippen LogP contribution in [0.1, 0.15) is 55.5 Å². The summed E-state index contributed by atoms with van der Waals surface area (Å²) in [6.45, 7) is 10.6. The lowest BCUT2D eigenvalue weighted by Gasteiger charge is -2.29. The lowest BCUT2D eigenvalue weighted by Crippen LogP contribution is -2.31. The number of aromatic nitrogens is 3. The molecule has 0 saturated heterocycles. The van der Waals surface area contributed by atoms with E-state index in [0.717, 1.165) is 40.1 Å². The number of ether oxygens (including phenoxy) is 2. The number of anilines is 2. The topological polar surface area (TPSA) is 90.3 Å². The summed E-state index contributed by atoms with van der Waals surface area (Å²) in [5.74, 6) is 2.31. The van der Waals surface area contributed by atoms with Gasteiger partial charge < -0.3 is 20.1 Å². The minimum absolute atomic E-state index is 0.232. The summed E-state index contributed by atoms with van der Waals surface area (Å²) < 4.78 is 14.8. The van der Waals surface area contributed by atoms with Gasteiger partial charge in [0, 0.05) is 27.7 Å². The third-order valence-electron chi connectivity index (χ3n) is 7.12. The number of hydrogen-bond donors (Lipinski definition) is 2. The molecular formula is C33H35BrClN5O3S. The Bertz CT molecular complexity index is 1720. The Morgan fingerprint density at radius 2 is 1.91 bits per heavy atom. The van der Waals surface area contributed by atoms with Crippen LogP contribution >= 0.6 is 39.3 Å². The molecule has 1 aliphatic heterocycles. The van der Waals surface area contributed by atoms with Crippen molar-refractivity contribution in [3.05, 3.63) is 97.6 Å². The highest BCUT2D eigenvalue weighted by molar-refractivity contribution is 9.10. The van der Waals surface area contributed by atoms with Crippen molar-refractivity contribution in [2.45, 2.75) is 58.8 Å². The highest BCUT2D eigenvalue weighted by Gasteiger charge is 2.35. The highest BCUT2D eigenvalue weighted by Crippen LogP contribution is 2.44. The molecule has 4 aromatic rings. The van der Waals surface area contributed by atoms with Gasteiger partial charge in [0.1, 0.15) is 12.6 Å². The number of rotatable bonds is 11. The van der Waals surface area contributed by atoms with Crippen LogP contribution in [0.2, 0.25) is 5.02 Å². The van der Waals surface area contributed by atoms with Gasteiger partial charge in [0.25, 0.3) is 5.91 Å². The van der Waals surface area contributed by atoms with Gasteiger partial charge in [0.05, 0.1) is 16.7 Å². The molecule has 2 N–H and O–H groups in total. The summed E-state index contributed by atoms with van der Waals surface area (Å²) in [4.78, 5) is 18.8. The molecule has 0 fully saturated rings. The van der Waals surface area contributed by atoms with E-state index in [4.69, 9.17) is 31.2 Å². The molecule has 8 nitrogen and oxygen atoms in total. The van der Waals surface area contributed by atoms with Crippen molar-refractivity contribution in [3.8, 4) is 11.5 Å². The second-order valence-corrected chi connectivity index (χ2v) is 12.8. The van der Waals surface area contributed by atoms with Gasteiger partial charge >= 0.3 is 0 Å².